The van der Waals surface area contributed by atoms with Crippen LogP contribution < -0.4 is 15.4 Å². The summed E-state index contributed by atoms with van der Waals surface area (Å²) in [5.74, 6) is 0.157. The van der Waals surface area contributed by atoms with E-state index in [4.69, 9.17) is 9.47 Å². The van der Waals surface area contributed by atoms with Crippen molar-refractivity contribution in [3.63, 3.8) is 0 Å². The molecule has 150 valence electrons. The molecular weight excluding hydrogens is 362 g/mol. The third-order valence-corrected chi connectivity index (χ3v) is 5.07. The number of aromatic nitrogens is 3. The Bertz CT molecular complexity index is 795. The number of nitrogens with zero attached hydrogens (tertiary/aromatic N) is 2. The van der Waals surface area contributed by atoms with Gasteiger partial charge in [-0.3, -0.25) is 9.59 Å². The molecule has 3 N–H and O–H groups in total. The Balaban J connectivity index is 1.59. The first kappa shape index (κ1) is 19.8. The molecule has 1 aromatic carbocycles. The van der Waals surface area contributed by atoms with Gasteiger partial charge in [0.1, 0.15) is 5.75 Å². The second-order valence-electron chi connectivity index (χ2n) is 6.75. The Morgan fingerprint density at radius 3 is 2.79 bits per heavy atom. The van der Waals surface area contributed by atoms with Gasteiger partial charge in [0.2, 0.25) is 5.91 Å². The van der Waals surface area contributed by atoms with Crippen molar-refractivity contribution in [1.29, 1.82) is 0 Å². The fraction of sp³-hybridized carbons (Fsp3) is 0.474. The Kier molecular flexibility index (Phi) is 6.59. The number of carbonyl (C=O) groups is 2. The van der Waals surface area contributed by atoms with Crippen LogP contribution in [0, 0.1) is 5.92 Å². The van der Waals surface area contributed by atoms with Crippen molar-refractivity contribution >= 4 is 11.8 Å². The van der Waals surface area contributed by atoms with Crippen LogP contribution in [0.2, 0.25) is 0 Å². The maximum atomic E-state index is 12.7. The third-order valence-electron chi connectivity index (χ3n) is 5.07. The number of aromatic amines is 1. The first-order valence-electron chi connectivity index (χ1n) is 9.21. The van der Waals surface area contributed by atoms with Crippen LogP contribution in [0.1, 0.15) is 35.3 Å². The Morgan fingerprint density at radius 2 is 2.07 bits per heavy atom. The first-order valence-corrected chi connectivity index (χ1v) is 9.21. The number of benzene rings is 1. The molecule has 1 fully saturated rings. The van der Waals surface area contributed by atoms with Gasteiger partial charge < -0.3 is 20.1 Å². The zero-order valence-electron chi connectivity index (χ0n) is 16.0. The maximum absolute atomic E-state index is 12.7. The van der Waals surface area contributed by atoms with Gasteiger partial charge >= 0.3 is 0 Å². The predicted molar refractivity (Wildman–Crippen MR) is 101 cm³/mol. The van der Waals surface area contributed by atoms with Gasteiger partial charge in [-0.25, -0.2) is 0 Å². The van der Waals surface area contributed by atoms with E-state index < -0.39 is 0 Å². The number of para-hydroxylation sites is 1. The van der Waals surface area contributed by atoms with Crippen molar-refractivity contribution in [2.24, 2.45) is 5.92 Å². The van der Waals surface area contributed by atoms with E-state index in [2.05, 4.69) is 26.0 Å². The van der Waals surface area contributed by atoms with Crippen molar-refractivity contribution in [2.45, 2.75) is 38.0 Å². The molecule has 0 radical (unpaired) electrons. The highest BCUT2D eigenvalue weighted by Crippen LogP contribution is 2.27. The summed E-state index contributed by atoms with van der Waals surface area (Å²) in [6, 6.07) is 7.30. The highest BCUT2D eigenvalue weighted by atomic mass is 16.5. The molecule has 1 aliphatic rings. The Labute approximate surface area is 163 Å². The minimum atomic E-state index is -0.337. The molecule has 2 amide bonds. The van der Waals surface area contributed by atoms with Gasteiger partial charge in [-0.1, -0.05) is 18.2 Å². The van der Waals surface area contributed by atoms with E-state index in [1.807, 2.05) is 24.3 Å². The van der Waals surface area contributed by atoms with Gasteiger partial charge in [0, 0.05) is 25.1 Å². The summed E-state index contributed by atoms with van der Waals surface area (Å²) in [6.45, 7) is 0.392. The monoisotopic (exact) mass is 387 g/mol. The van der Waals surface area contributed by atoms with E-state index in [0.717, 1.165) is 11.3 Å². The number of hydrogen-bond donors (Lipinski definition) is 3. The van der Waals surface area contributed by atoms with E-state index in [1.165, 1.54) is 6.20 Å². The van der Waals surface area contributed by atoms with Crippen LogP contribution in [-0.2, 0) is 16.1 Å². The Hall–Kier alpha value is -2.94. The Morgan fingerprint density at radius 1 is 1.25 bits per heavy atom. The van der Waals surface area contributed by atoms with E-state index >= 15 is 0 Å². The standard InChI is InChI=1S/C19H25N5O4/c1-27-16-6-4-3-5-13(16)10-20-18(25)12-7-8-17(28-2)14(9-12)22-19(26)15-11-21-24-23-15/h3-6,11-12,14,17H,7-10H2,1-2H3,(H,20,25)(H,22,26)(H,21,23,24)/t12-,14+,17+/m0/s1. The average Bonchev–Trinajstić information content (AvgIpc) is 3.27. The smallest absolute Gasteiger partial charge is 0.273 e. The molecule has 2 aromatic rings. The molecule has 1 aromatic heterocycles. The number of methoxy groups -OCH3 is 2. The molecule has 9 heteroatoms. The summed E-state index contributed by atoms with van der Waals surface area (Å²) in [5.41, 5.74) is 1.12. The summed E-state index contributed by atoms with van der Waals surface area (Å²) in [5, 5.41) is 15.7. The first-order chi connectivity index (χ1) is 13.6. The lowest BCUT2D eigenvalue weighted by molar-refractivity contribution is -0.127. The van der Waals surface area contributed by atoms with Crippen LogP contribution in [0.25, 0.3) is 0 Å². The van der Waals surface area contributed by atoms with E-state index in [9.17, 15) is 9.59 Å². The molecule has 0 unspecified atom stereocenters. The third kappa shape index (κ3) is 4.66. The summed E-state index contributed by atoms with van der Waals surface area (Å²) < 4.78 is 10.8. The lowest BCUT2D eigenvalue weighted by atomic mass is 9.83. The van der Waals surface area contributed by atoms with Gasteiger partial charge in [0.25, 0.3) is 5.91 Å². The SMILES string of the molecule is COc1ccccc1CNC(=O)[C@H]1CC[C@@H](OC)[C@H](NC(=O)c2cn[nH]n2)C1. The molecule has 9 nitrogen and oxygen atoms in total. The normalized spacial score (nSPS) is 21.7. The molecule has 0 spiro atoms. The quantitative estimate of drug-likeness (QED) is 0.653. The van der Waals surface area contributed by atoms with Gasteiger partial charge in [-0.15, -0.1) is 0 Å². The minimum Gasteiger partial charge on any atom is -0.496 e. The summed E-state index contributed by atoms with van der Waals surface area (Å²) >= 11 is 0. The minimum absolute atomic E-state index is 0.0406. The van der Waals surface area contributed by atoms with E-state index in [-0.39, 0.29) is 35.6 Å². The highest BCUT2D eigenvalue weighted by molar-refractivity contribution is 5.92. The number of rotatable bonds is 7. The molecule has 3 atom stereocenters. The molecule has 1 saturated carbocycles. The molecule has 0 bridgehead atoms. The van der Waals surface area contributed by atoms with Crippen molar-refractivity contribution in [3.05, 3.63) is 41.7 Å². The largest absolute Gasteiger partial charge is 0.496 e. The van der Waals surface area contributed by atoms with Crippen molar-refractivity contribution < 1.29 is 19.1 Å². The molecule has 0 saturated heterocycles. The van der Waals surface area contributed by atoms with Gasteiger partial charge in [0.15, 0.2) is 5.69 Å². The van der Waals surface area contributed by atoms with Crippen LogP contribution >= 0.6 is 0 Å². The van der Waals surface area contributed by atoms with Gasteiger partial charge in [-0.05, 0) is 25.3 Å². The second kappa shape index (κ2) is 9.32. The summed E-state index contributed by atoms with van der Waals surface area (Å²) in [7, 11) is 3.22. The predicted octanol–water partition coefficient (Wildman–Crippen LogP) is 1.04. The van der Waals surface area contributed by atoms with Crippen LogP contribution in [0.3, 0.4) is 0 Å². The fourth-order valence-electron chi connectivity index (χ4n) is 3.54. The van der Waals surface area contributed by atoms with Crippen LogP contribution in [0.4, 0.5) is 0 Å². The molecule has 28 heavy (non-hydrogen) atoms. The number of hydrogen-bond acceptors (Lipinski definition) is 6. The lowest BCUT2D eigenvalue weighted by Crippen LogP contribution is -2.50. The van der Waals surface area contributed by atoms with E-state index in [0.29, 0.717) is 25.8 Å². The molecular formula is C19H25N5O4. The summed E-state index contributed by atoms with van der Waals surface area (Å²) in [4.78, 5) is 25.0. The zero-order chi connectivity index (χ0) is 19.9. The number of carbonyl (C=O) groups excluding carboxylic acids is 2. The maximum Gasteiger partial charge on any atom is 0.273 e. The summed E-state index contributed by atoms with van der Waals surface area (Å²) in [6.07, 6.45) is 3.10. The van der Waals surface area contributed by atoms with Crippen LogP contribution in [-0.4, -0.2) is 53.6 Å². The number of H-pyrrole nitrogens is 1. The molecule has 0 aliphatic heterocycles. The van der Waals surface area contributed by atoms with Crippen molar-refractivity contribution in [1.82, 2.24) is 26.0 Å². The number of ether oxygens (including phenoxy) is 2. The van der Waals surface area contributed by atoms with E-state index in [1.54, 1.807) is 14.2 Å². The number of nitrogens with one attached hydrogen (secondary N) is 3. The van der Waals surface area contributed by atoms with Crippen LogP contribution in [0.15, 0.2) is 30.5 Å². The topological polar surface area (TPSA) is 118 Å². The fourth-order valence-corrected chi connectivity index (χ4v) is 3.54. The zero-order valence-corrected chi connectivity index (χ0v) is 16.0. The highest BCUT2D eigenvalue weighted by Gasteiger charge is 2.35. The molecule has 3 rings (SSSR count). The molecule has 1 aliphatic carbocycles. The van der Waals surface area contributed by atoms with Gasteiger partial charge in [0.05, 0.1) is 25.5 Å². The second-order valence-corrected chi connectivity index (χ2v) is 6.75. The van der Waals surface area contributed by atoms with Gasteiger partial charge in [-0.2, -0.15) is 15.4 Å². The van der Waals surface area contributed by atoms with Crippen molar-refractivity contribution in [2.75, 3.05) is 14.2 Å². The van der Waals surface area contributed by atoms with Crippen LogP contribution in [0.5, 0.6) is 5.75 Å². The number of amides is 2. The average molecular weight is 387 g/mol. The molecule has 1 heterocycles. The van der Waals surface area contributed by atoms with Crippen molar-refractivity contribution in [3.8, 4) is 5.75 Å². The lowest BCUT2D eigenvalue weighted by Gasteiger charge is -2.35.